The number of hydrogen-bond acceptors (Lipinski definition) is 3. The van der Waals surface area contributed by atoms with Crippen LogP contribution < -0.4 is 5.32 Å². The molecule has 1 fully saturated rings. The van der Waals surface area contributed by atoms with E-state index < -0.39 is 0 Å². The maximum Gasteiger partial charge on any atom is 0.233 e. The highest BCUT2D eigenvalue weighted by atomic mass is 35.5. The first-order valence-corrected chi connectivity index (χ1v) is 8.41. The molecular weight excluding hydrogens is 328 g/mol. The summed E-state index contributed by atoms with van der Waals surface area (Å²) in [5, 5.41) is 3.32. The minimum Gasteiger partial charge on any atom is -0.326 e. The molecule has 1 aromatic carbocycles. The summed E-state index contributed by atoms with van der Waals surface area (Å²) in [6.07, 6.45) is 5.20. The van der Waals surface area contributed by atoms with Gasteiger partial charge in [-0.15, -0.1) is 0 Å². The molecule has 0 unspecified atom stereocenters. The van der Waals surface area contributed by atoms with Crippen molar-refractivity contribution in [2.45, 2.75) is 26.2 Å². The minimum atomic E-state index is -0.249. The van der Waals surface area contributed by atoms with Crippen molar-refractivity contribution in [2.75, 3.05) is 11.9 Å². The molecule has 1 N–H and O–H groups in total. The molecule has 1 heterocycles. The van der Waals surface area contributed by atoms with Gasteiger partial charge in [-0.1, -0.05) is 29.8 Å². The Morgan fingerprint density at radius 2 is 1.83 bits per heavy atom. The third-order valence-electron chi connectivity index (χ3n) is 4.64. The Labute approximate surface area is 145 Å². The van der Waals surface area contributed by atoms with Gasteiger partial charge in [0.2, 0.25) is 17.7 Å². The Kier molecular flexibility index (Phi) is 4.71. The SMILES string of the molecule is Cc1ccc(Cl)cc1NC(=O)CCN1C(=O)[C@H]2CC=CC[C@@H]2C1=O. The molecule has 0 bridgehead atoms. The van der Waals surface area contributed by atoms with Crippen LogP contribution >= 0.6 is 11.6 Å². The number of allylic oxidation sites excluding steroid dienone is 2. The van der Waals surface area contributed by atoms with Crippen LogP contribution in [-0.4, -0.2) is 29.2 Å². The molecule has 0 spiro atoms. The molecule has 3 amide bonds. The highest BCUT2D eigenvalue weighted by Crippen LogP contribution is 2.35. The number of halogens is 1. The summed E-state index contributed by atoms with van der Waals surface area (Å²) in [5.41, 5.74) is 1.54. The lowest BCUT2D eigenvalue weighted by Crippen LogP contribution is -2.34. The molecule has 0 saturated carbocycles. The monoisotopic (exact) mass is 346 g/mol. The number of carbonyl (C=O) groups is 3. The Bertz CT molecular complexity index is 703. The summed E-state index contributed by atoms with van der Waals surface area (Å²) in [5.74, 6) is -1.04. The van der Waals surface area contributed by atoms with Crippen LogP contribution in [0.2, 0.25) is 5.02 Å². The van der Waals surface area contributed by atoms with E-state index in [1.54, 1.807) is 12.1 Å². The normalized spacial score (nSPS) is 22.7. The van der Waals surface area contributed by atoms with E-state index in [4.69, 9.17) is 11.6 Å². The predicted octanol–water partition coefficient (Wildman–Crippen LogP) is 2.93. The van der Waals surface area contributed by atoms with Crippen molar-refractivity contribution >= 4 is 35.0 Å². The number of nitrogens with one attached hydrogen (secondary N) is 1. The molecule has 6 heteroatoms. The molecule has 1 aliphatic carbocycles. The van der Waals surface area contributed by atoms with Gasteiger partial charge in [0.15, 0.2) is 0 Å². The molecule has 2 atom stereocenters. The van der Waals surface area contributed by atoms with Gasteiger partial charge in [-0.3, -0.25) is 19.3 Å². The highest BCUT2D eigenvalue weighted by Gasteiger charge is 2.46. The molecule has 24 heavy (non-hydrogen) atoms. The van der Waals surface area contributed by atoms with Crippen LogP contribution in [0.15, 0.2) is 30.4 Å². The molecule has 0 radical (unpaired) electrons. The van der Waals surface area contributed by atoms with Crippen LogP contribution in [0, 0.1) is 18.8 Å². The standard InChI is InChI=1S/C18H19ClN2O3/c1-11-6-7-12(19)10-15(11)20-16(22)8-9-21-17(23)13-4-2-3-5-14(13)18(21)24/h2-3,6-7,10,13-14H,4-5,8-9H2,1H3,(H,20,22)/t13-,14-/m0/s1. The third-order valence-corrected chi connectivity index (χ3v) is 4.87. The minimum absolute atomic E-state index is 0.0797. The number of amides is 3. The van der Waals surface area contributed by atoms with Crippen molar-refractivity contribution in [3.63, 3.8) is 0 Å². The maximum absolute atomic E-state index is 12.3. The zero-order valence-corrected chi connectivity index (χ0v) is 14.2. The number of benzene rings is 1. The lowest BCUT2D eigenvalue weighted by molar-refractivity contribution is -0.140. The molecule has 1 aliphatic heterocycles. The van der Waals surface area contributed by atoms with Crippen molar-refractivity contribution in [2.24, 2.45) is 11.8 Å². The Hall–Kier alpha value is -2.14. The number of nitrogens with zero attached hydrogens (tertiary/aromatic N) is 1. The number of likely N-dealkylation sites (tertiary alicyclic amines) is 1. The van der Waals surface area contributed by atoms with Crippen molar-refractivity contribution in [3.05, 3.63) is 40.9 Å². The highest BCUT2D eigenvalue weighted by molar-refractivity contribution is 6.31. The van der Waals surface area contributed by atoms with Gasteiger partial charge in [-0.25, -0.2) is 0 Å². The summed E-state index contributed by atoms with van der Waals surface area (Å²) in [6.45, 7) is 1.99. The molecule has 1 saturated heterocycles. The first kappa shape index (κ1) is 16.7. The van der Waals surface area contributed by atoms with Gasteiger partial charge in [0.05, 0.1) is 11.8 Å². The first-order chi connectivity index (χ1) is 11.5. The number of rotatable bonds is 4. The van der Waals surface area contributed by atoms with E-state index >= 15 is 0 Å². The molecule has 2 aliphatic rings. The molecule has 126 valence electrons. The molecule has 0 aromatic heterocycles. The number of aryl methyl sites for hydroxylation is 1. The Morgan fingerprint density at radius 3 is 2.46 bits per heavy atom. The van der Waals surface area contributed by atoms with Gasteiger partial charge in [0.25, 0.3) is 0 Å². The fourth-order valence-corrected chi connectivity index (χ4v) is 3.42. The van der Waals surface area contributed by atoms with E-state index in [9.17, 15) is 14.4 Å². The van der Waals surface area contributed by atoms with E-state index in [1.807, 2.05) is 25.1 Å². The Morgan fingerprint density at radius 1 is 1.21 bits per heavy atom. The van der Waals surface area contributed by atoms with Gasteiger partial charge in [-0.05, 0) is 37.5 Å². The lowest BCUT2D eigenvalue weighted by Gasteiger charge is -2.15. The smallest absolute Gasteiger partial charge is 0.233 e. The molecule has 1 aromatic rings. The quantitative estimate of drug-likeness (QED) is 0.673. The van der Waals surface area contributed by atoms with Gasteiger partial charge < -0.3 is 5.32 Å². The zero-order chi connectivity index (χ0) is 17.3. The van der Waals surface area contributed by atoms with Crippen molar-refractivity contribution in [1.29, 1.82) is 0 Å². The van der Waals surface area contributed by atoms with Crippen LogP contribution in [0.25, 0.3) is 0 Å². The zero-order valence-electron chi connectivity index (χ0n) is 13.4. The topological polar surface area (TPSA) is 66.5 Å². The fraction of sp³-hybridized carbons (Fsp3) is 0.389. The second-order valence-corrected chi connectivity index (χ2v) is 6.68. The first-order valence-electron chi connectivity index (χ1n) is 8.03. The average Bonchev–Trinajstić information content (AvgIpc) is 2.81. The van der Waals surface area contributed by atoms with Crippen molar-refractivity contribution in [1.82, 2.24) is 4.90 Å². The number of imide groups is 1. The third kappa shape index (κ3) is 3.22. The number of hydrogen-bond donors (Lipinski definition) is 1. The molecular formula is C18H19ClN2O3. The van der Waals surface area contributed by atoms with Gasteiger partial charge in [-0.2, -0.15) is 0 Å². The van der Waals surface area contributed by atoms with Gasteiger partial charge in [0.1, 0.15) is 0 Å². The average molecular weight is 347 g/mol. The number of fused-ring (bicyclic) bond motifs is 1. The van der Waals surface area contributed by atoms with E-state index in [1.165, 1.54) is 4.90 Å². The Balaban J connectivity index is 1.59. The summed E-state index contributed by atoms with van der Waals surface area (Å²) < 4.78 is 0. The van der Waals surface area contributed by atoms with Crippen molar-refractivity contribution < 1.29 is 14.4 Å². The summed E-state index contributed by atoms with van der Waals surface area (Å²) in [6, 6.07) is 5.26. The number of carbonyl (C=O) groups excluding carboxylic acids is 3. The largest absolute Gasteiger partial charge is 0.326 e. The number of anilines is 1. The van der Waals surface area contributed by atoms with Crippen LogP contribution in [0.3, 0.4) is 0 Å². The van der Waals surface area contributed by atoms with E-state index in [0.717, 1.165) is 5.56 Å². The predicted molar refractivity (Wildman–Crippen MR) is 91.5 cm³/mol. The maximum atomic E-state index is 12.3. The second kappa shape index (κ2) is 6.77. The van der Waals surface area contributed by atoms with Crippen LogP contribution in [0.4, 0.5) is 5.69 Å². The summed E-state index contributed by atoms with van der Waals surface area (Å²) in [7, 11) is 0. The molecule has 3 rings (SSSR count). The van der Waals surface area contributed by atoms with Gasteiger partial charge >= 0.3 is 0 Å². The van der Waals surface area contributed by atoms with Gasteiger partial charge in [0, 0.05) is 23.7 Å². The van der Waals surface area contributed by atoms with E-state index in [-0.39, 0.29) is 42.5 Å². The van der Waals surface area contributed by atoms with E-state index in [2.05, 4.69) is 5.32 Å². The van der Waals surface area contributed by atoms with E-state index in [0.29, 0.717) is 23.6 Å². The van der Waals surface area contributed by atoms with Crippen molar-refractivity contribution in [3.8, 4) is 0 Å². The summed E-state index contributed by atoms with van der Waals surface area (Å²) in [4.78, 5) is 38.1. The summed E-state index contributed by atoms with van der Waals surface area (Å²) >= 11 is 5.93. The van der Waals surface area contributed by atoms with Crippen LogP contribution in [0.1, 0.15) is 24.8 Å². The second-order valence-electron chi connectivity index (χ2n) is 6.24. The fourth-order valence-electron chi connectivity index (χ4n) is 3.24. The van der Waals surface area contributed by atoms with Crippen LogP contribution in [-0.2, 0) is 14.4 Å². The van der Waals surface area contributed by atoms with Crippen LogP contribution in [0.5, 0.6) is 0 Å². The lowest BCUT2D eigenvalue weighted by atomic mass is 9.85. The molecule has 5 nitrogen and oxygen atoms in total.